The highest BCUT2D eigenvalue weighted by atomic mass is 14.5. The fraction of sp³-hybridized carbons (Fsp3) is 0.289. The quantitative estimate of drug-likeness (QED) is 0.101. The minimum Gasteiger partial charge on any atom is -0.192 e. The van der Waals surface area contributed by atoms with Gasteiger partial charge in [0.05, 0.1) is 0 Å². The predicted octanol–water partition coefficient (Wildman–Crippen LogP) is 12.1. The van der Waals surface area contributed by atoms with E-state index in [0.29, 0.717) is 0 Å². The summed E-state index contributed by atoms with van der Waals surface area (Å²) in [6.07, 6.45) is 15.2. The highest BCUT2D eigenvalue weighted by Gasteiger charge is 2.42. The molecule has 49 heavy (non-hydrogen) atoms. The van der Waals surface area contributed by atoms with Crippen LogP contribution in [0.1, 0.15) is 100 Å². The second-order valence-corrected chi connectivity index (χ2v) is 13.0. The van der Waals surface area contributed by atoms with E-state index >= 15 is 0 Å². The third kappa shape index (κ3) is 7.73. The normalized spacial score (nSPS) is 12.0. The molecule has 0 amide bonds. The van der Waals surface area contributed by atoms with E-state index in [0.717, 1.165) is 35.1 Å². The van der Waals surface area contributed by atoms with Crippen molar-refractivity contribution in [2.75, 3.05) is 0 Å². The number of hydrogen-bond donors (Lipinski definition) is 0. The minimum absolute atomic E-state index is 0.0908. The smallest absolute Gasteiger partial charge is 0.130 e. The van der Waals surface area contributed by atoms with Gasteiger partial charge in [-0.15, -0.1) is 0 Å². The van der Waals surface area contributed by atoms with Crippen molar-refractivity contribution in [3.63, 3.8) is 0 Å². The Morgan fingerprint density at radius 3 is 1.20 bits per heavy atom. The van der Waals surface area contributed by atoms with Crippen LogP contribution < -0.4 is 0 Å². The van der Waals surface area contributed by atoms with Gasteiger partial charge in [0.1, 0.15) is 35.4 Å². The van der Waals surface area contributed by atoms with Crippen LogP contribution in [-0.4, -0.2) is 0 Å². The van der Waals surface area contributed by atoms with Gasteiger partial charge in [-0.3, -0.25) is 0 Å². The van der Waals surface area contributed by atoms with Gasteiger partial charge in [-0.1, -0.05) is 138 Å². The maximum Gasteiger partial charge on any atom is 0.130 e. The summed E-state index contributed by atoms with van der Waals surface area (Å²) in [5, 5.41) is 36.8. The lowest BCUT2D eigenvalue weighted by atomic mass is 9.70. The summed E-state index contributed by atoms with van der Waals surface area (Å²) in [4.78, 5) is 0. The molecule has 0 heterocycles. The third-order valence-electron chi connectivity index (χ3n) is 9.87. The molecule has 4 nitrogen and oxygen atoms in total. The highest BCUT2D eigenvalue weighted by Crippen LogP contribution is 2.55. The van der Waals surface area contributed by atoms with Crippen molar-refractivity contribution in [3.8, 4) is 57.7 Å². The lowest BCUT2D eigenvalue weighted by molar-refractivity contribution is 0.401. The summed E-state index contributed by atoms with van der Waals surface area (Å²) < 4.78 is 0. The predicted molar refractivity (Wildman–Crippen MR) is 199 cm³/mol. The summed E-state index contributed by atoms with van der Waals surface area (Å²) >= 11 is 0. The zero-order chi connectivity index (χ0) is 34.6. The van der Waals surface area contributed by atoms with Gasteiger partial charge in [0.25, 0.3) is 0 Å². The number of nitriles is 4. The van der Waals surface area contributed by atoms with Gasteiger partial charge < -0.3 is 0 Å². The number of nitrogens with zero attached hydrogens (tertiary/aromatic N) is 4. The molecule has 5 rings (SSSR count). The monoisotopic (exact) mass is 638 g/mol. The summed E-state index contributed by atoms with van der Waals surface area (Å²) in [5.74, 6) is 0. The van der Waals surface area contributed by atoms with Crippen LogP contribution in [0.2, 0.25) is 0 Å². The van der Waals surface area contributed by atoms with Crippen LogP contribution in [0.3, 0.4) is 0 Å². The summed E-state index contributed by atoms with van der Waals surface area (Å²) in [5.41, 5.74) is 11.8. The summed E-state index contributed by atoms with van der Waals surface area (Å²) in [6.45, 7) is 4.54. The van der Waals surface area contributed by atoms with Gasteiger partial charge in [0.15, 0.2) is 0 Å². The average Bonchev–Trinajstić information content (AvgIpc) is 3.41. The Labute approximate surface area is 291 Å². The maximum atomic E-state index is 9.19. The topological polar surface area (TPSA) is 95.2 Å². The van der Waals surface area contributed by atoms with Crippen molar-refractivity contribution < 1.29 is 0 Å². The summed E-state index contributed by atoms with van der Waals surface area (Å²) in [7, 11) is 0. The fourth-order valence-electron chi connectivity index (χ4n) is 7.28. The minimum atomic E-state index is -0.0908. The molecule has 4 aromatic rings. The highest BCUT2D eigenvalue weighted by molar-refractivity contribution is 5.86. The first-order valence-corrected chi connectivity index (χ1v) is 17.5. The molecule has 1 aliphatic carbocycles. The fourth-order valence-corrected chi connectivity index (χ4v) is 7.28. The third-order valence-corrected chi connectivity index (χ3v) is 9.87. The first-order valence-electron chi connectivity index (χ1n) is 17.5. The van der Waals surface area contributed by atoms with E-state index in [4.69, 9.17) is 0 Å². The van der Waals surface area contributed by atoms with E-state index < -0.39 is 0 Å². The zero-order valence-electron chi connectivity index (χ0n) is 28.6. The number of allylic oxidation sites excluding steroid dienone is 2. The molecule has 0 unspecified atom stereocenters. The Balaban J connectivity index is 1.60. The van der Waals surface area contributed by atoms with Crippen LogP contribution in [0.25, 0.3) is 45.5 Å². The number of benzene rings is 4. The molecular weight excluding hydrogens is 597 g/mol. The second kappa shape index (κ2) is 16.4. The number of rotatable bonds is 14. The molecule has 0 fully saturated rings. The van der Waals surface area contributed by atoms with E-state index in [9.17, 15) is 21.0 Å². The van der Waals surface area contributed by atoms with E-state index in [1.807, 2.05) is 48.5 Å². The van der Waals surface area contributed by atoms with Crippen LogP contribution in [0.5, 0.6) is 0 Å². The van der Waals surface area contributed by atoms with E-state index in [2.05, 4.69) is 74.5 Å². The van der Waals surface area contributed by atoms with Crippen LogP contribution in [0.15, 0.2) is 96.1 Å². The maximum absolute atomic E-state index is 9.19. The first-order chi connectivity index (χ1) is 24.0. The van der Waals surface area contributed by atoms with Gasteiger partial charge in [-0.05, 0) is 92.8 Å². The van der Waals surface area contributed by atoms with Crippen molar-refractivity contribution in [3.05, 3.63) is 118 Å². The number of hydrogen-bond acceptors (Lipinski definition) is 4. The van der Waals surface area contributed by atoms with Crippen LogP contribution >= 0.6 is 0 Å². The molecule has 4 heteroatoms. The molecule has 0 saturated heterocycles. The molecule has 0 spiro atoms. The number of unbranched alkanes of at least 4 members (excludes halogenated alkanes) is 6. The lowest BCUT2D eigenvalue weighted by Crippen LogP contribution is -2.25. The van der Waals surface area contributed by atoms with Crippen LogP contribution in [-0.2, 0) is 5.41 Å². The number of fused-ring (bicyclic) bond motifs is 3. The van der Waals surface area contributed by atoms with Gasteiger partial charge in [0, 0.05) is 5.41 Å². The van der Waals surface area contributed by atoms with E-state index in [-0.39, 0.29) is 16.6 Å². The summed E-state index contributed by atoms with van der Waals surface area (Å²) in [6, 6.07) is 37.9. The zero-order valence-corrected chi connectivity index (χ0v) is 28.6. The Kier molecular flexibility index (Phi) is 11.6. The Bertz CT molecular complexity index is 1840. The Hall–Kier alpha value is -5.68. The van der Waals surface area contributed by atoms with E-state index in [1.54, 1.807) is 12.2 Å². The standard InChI is InChI=1S/C45H42N4/c1-3-5-7-9-23-45(24-10-8-6-4-2)43-27-39(37-15-11-33(12-16-37)25-35(29-46)30-47)19-21-41(43)42-22-20-40(28-44(42)45)38-17-13-34(14-18-38)26-36(31-48)32-49/h11-22,25-28H,3-10,23-24H2,1-2H3. The Morgan fingerprint density at radius 2 is 0.857 bits per heavy atom. The molecule has 0 bridgehead atoms. The molecule has 4 aromatic carbocycles. The van der Waals surface area contributed by atoms with Gasteiger partial charge >= 0.3 is 0 Å². The van der Waals surface area contributed by atoms with Crippen LogP contribution in [0, 0.1) is 45.3 Å². The van der Waals surface area contributed by atoms with Crippen LogP contribution in [0.4, 0.5) is 0 Å². The SMILES string of the molecule is CCCCCCC1(CCCCCC)c2cc(-c3ccc(C=C(C#N)C#N)cc3)ccc2-c2ccc(-c3ccc(C=C(C#N)C#N)cc3)cc21. The molecule has 0 atom stereocenters. The van der Waals surface area contributed by atoms with Crippen molar-refractivity contribution in [2.24, 2.45) is 0 Å². The van der Waals surface area contributed by atoms with Crippen molar-refractivity contribution in [2.45, 2.75) is 83.5 Å². The largest absolute Gasteiger partial charge is 0.192 e. The molecule has 0 radical (unpaired) electrons. The molecule has 0 aliphatic heterocycles. The van der Waals surface area contributed by atoms with Crippen molar-refractivity contribution in [1.29, 1.82) is 21.0 Å². The molecular formula is C45H42N4. The Morgan fingerprint density at radius 1 is 0.490 bits per heavy atom. The second-order valence-electron chi connectivity index (χ2n) is 13.0. The van der Waals surface area contributed by atoms with Gasteiger partial charge in [0.2, 0.25) is 0 Å². The van der Waals surface area contributed by atoms with Gasteiger partial charge in [-0.2, -0.15) is 21.0 Å². The molecule has 0 saturated carbocycles. The first kappa shape index (κ1) is 34.6. The molecule has 0 N–H and O–H groups in total. The molecule has 242 valence electrons. The van der Waals surface area contributed by atoms with Crippen molar-refractivity contribution >= 4 is 12.2 Å². The molecule has 0 aromatic heterocycles. The lowest BCUT2D eigenvalue weighted by Gasteiger charge is -2.33. The molecule has 1 aliphatic rings. The van der Waals surface area contributed by atoms with Crippen molar-refractivity contribution in [1.82, 2.24) is 0 Å². The van der Waals surface area contributed by atoms with Gasteiger partial charge in [-0.25, -0.2) is 0 Å². The van der Waals surface area contributed by atoms with E-state index in [1.165, 1.54) is 84.7 Å². The average molecular weight is 639 g/mol.